The highest BCUT2D eigenvalue weighted by molar-refractivity contribution is 7.08. The molecule has 0 saturated carbocycles. The molecule has 1 aromatic carbocycles. The smallest absolute Gasteiger partial charge is 0.328 e. The number of benzene rings is 1. The monoisotopic (exact) mass is 426 g/mol. The van der Waals surface area contributed by atoms with E-state index in [4.69, 9.17) is 9.15 Å². The molecule has 1 amide bonds. The number of hydrogen-bond donors (Lipinski definition) is 1. The van der Waals surface area contributed by atoms with Gasteiger partial charge in [0.2, 0.25) is 11.8 Å². The Morgan fingerprint density at radius 2 is 1.97 bits per heavy atom. The maximum atomic E-state index is 12.6. The fourth-order valence-corrected chi connectivity index (χ4v) is 3.64. The van der Waals surface area contributed by atoms with E-state index in [0.717, 1.165) is 11.1 Å². The minimum atomic E-state index is -0.704. The van der Waals surface area contributed by atoms with E-state index >= 15 is 0 Å². The number of ether oxygens (including phenoxy) is 1. The molecule has 1 atom stereocenters. The first-order valence-corrected chi connectivity index (χ1v) is 10.9. The lowest BCUT2D eigenvalue weighted by molar-refractivity contribution is -0.149. The predicted molar refractivity (Wildman–Crippen MR) is 116 cm³/mol. The van der Waals surface area contributed by atoms with Crippen molar-refractivity contribution in [2.75, 3.05) is 0 Å². The fourth-order valence-electron chi connectivity index (χ4n) is 3.01. The van der Waals surface area contributed by atoms with Crippen molar-refractivity contribution in [2.45, 2.75) is 46.3 Å². The molecule has 1 N–H and O–H groups in total. The molecule has 0 bridgehead atoms. The number of hydrogen-bond acceptors (Lipinski definition) is 6. The Morgan fingerprint density at radius 3 is 2.63 bits per heavy atom. The molecule has 7 heteroatoms. The van der Waals surface area contributed by atoms with Crippen LogP contribution in [-0.2, 0) is 27.4 Å². The van der Waals surface area contributed by atoms with Gasteiger partial charge in [0.25, 0.3) is 0 Å². The van der Waals surface area contributed by atoms with Crippen molar-refractivity contribution in [3.05, 3.63) is 64.2 Å². The van der Waals surface area contributed by atoms with Crippen LogP contribution in [0.5, 0.6) is 0 Å². The fraction of sp³-hybridized carbons (Fsp3) is 0.348. The highest BCUT2D eigenvalue weighted by atomic mass is 32.1. The summed E-state index contributed by atoms with van der Waals surface area (Å²) in [6.45, 7) is 5.96. The Hall–Kier alpha value is -2.93. The lowest BCUT2D eigenvalue weighted by Gasteiger charge is -2.19. The molecule has 0 saturated heterocycles. The normalized spacial score (nSPS) is 12.0. The number of carbonyl (C=O) groups is 2. The van der Waals surface area contributed by atoms with Gasteiger partial charge in [0.15, 0.2) is 0 Å². The van der Waals surface area contributed by atoms with Crippen LogP contribution in [0, 0.1) is 12.8 Å². The second-order valence-corrected chi connectivity index (χ2v) is 8.33. The molecule has 30 heavy (non-hydrogen) atoms. The van der Waals surface area contributed by atoms with Gasteiger partial charge >= 0.3 is 5.97 Å². The number of carbonyl (C=O) groups excluding carboxylic acids is 2. The van der Waals surface area contributed by atoms with Crippen LogP contribution in [0.15, 0.2) is 51.6 Å². The largest absolute Gasteiger partial charge is 0.459 e. The standard InChI is InChI=1S/C23H26N2O4S/c1-15(2)11-20(23(27)28-13-17-7-5-4-6-8-17)24-21(26)12-19-16(3)29-22(25-19)18-9-10-30-14-18/h4-10,14-15,20H,11-13H2,1-3H3,(H,24,26)/t20-/m0/s1. The molecular weight excluding hydrogens is 400 g/mol. The number of thiophene rings is 1. The number of aromatic nitrogens is 1. The topological polar surface area (TPSA) is 81.4 Å². The van der Waals surface area contributed by atoms with Crippen LogP contribution in [0.25, 0.3) is 11.5 Å². The first-order valence-electron chi connectivity index (χ1n) is 9.91. The van der Waals surface area contributed by atoms with E-state index in [0.29, 0.717) is 23.8 Å². The van der Waals surface area contributed by atoms with Crippen LogP contribution in [0.1, 0.15) is 37.3 Å². The van der Waals surface area contributed by atoms with Crippen molar-refractivity contribution in [3.63, 3.8) is 0 Å². The zero-order valence-electron chi connectivity index (χ0n) is 17.4. The summed E-state index contributed by atoms with van der Waals surface area (Å²) in [6, 6.07) is 10.7. The third-order valence-electron chi connectivity index (χ3n) is 4.54. The Morgan fingerprint density at radius 1 is 1.20 bits per heavy atom. The molecule has 0 aliphatic heterocycles. The van der Waals surface area contributed by atoms with Gasteiger partial charge in [-0.15, -0.1) is 0 Å². The number of nitrogens with one attached hydrogen (secondary N) is 1. The van der Waals surface area contributed by atoms with Gasteiger partial charge in [-0.05, 0) is 36.3 Å². The molecule has 0 aliphatic carbocycles. The number of nitrogens with zero attached hydrogens (tertiary/aromatic N) is 1. The zero-order valence-corrected chi connectivity index (χ0v) is 18.2. The minimum Gasteiger partial charge on any atom is -0.459 e. The van der Waals surface area contributed by atoms with Gasteiger partial charge < -0.3 is 14.5 Å². The highest BCUT2D eigenvalue weighted by Crippen LogP contribution is 2.24. The van der Waals surface area contributed by atoms with Crippen LogP contribution in [0.2, 0.25) is 0 Å². The first-order chi connectivity index (χ1) is 14.4. The van der Waals surface area contributed by atoms with Gasteiger partial charge in [0.05, 0.1) is 12.1 Å². The second kappa shape index (κ2) is 10.2. The zero-order chi connectivity index (χ0) is 21.5. The molecule has 6 nitrogen and oxygen atoms in total. The Bertz CT molecular complexity index is 965. The van der Waals surface area contributed by atoms with Gasteiger partial charge in [-0.25, -0.2) is 9.78 Å². The molecule has 0 spiro atoms. The summed E-state index contributed by atoms with van der Waals surface area (Å²) in [7, 11) is 0. The molecule has 3 aromatic rings. The Labute approximate surface area is 180 Å². The van der Waals surface area contributed by atoms with Gasteiger partial charge in [-0.2, -0.15) is 11.3 Å². The Kier molecular flexibility index (Phi) is 7.41. The van der Waals surface area contributed by atoms with Gasteiger partial charge in [-0.1, -0.05) is 44.2 Å². The SMILES string of the molecule is Cc1oc(-c2ccsc2)nc1CC(=O)N[C@@H](CC(C)C)C(=O)OCc1ccccc1. The van der Waals surface area contributed by atoms with Crippen LogP contribution in [0.4, 0.5) is 0 Å². The number of amides is 1. The van der Waals surface area contributed by atoms with Crippen molar-refractivity contribution in [3.8, 4) is 11.5 Å². The van der Waals surface area contributed by atoms with Crippen molar-refractivity contribution in [1.29, 1.82) is 0 Å². The predicted octanol–water partition coefficient (Wildman–Crippen LogP) is 4.53. The average Bonchev–Trinajstić information content (AvgIpc) is 3.36. The van der Waals surface area contributed by atoms with E-state index in [1.54, 1.807) is 18.3 Å². The molecule has 3 rings (SSSR count). The van der Waals surface area contributed by atoms with Gasteiger partial charge in [0.1, 0.15) is 18.4 Å². The molecule has 2 aromatic heterocycles. The maximum absolute atomic E-state index is 12.6. The third kappa shape index (κ3) is 6.03. The van der Waals surface area contributed by atoms with E-state index in [-0.39, 0.29) is 24.9 Å². The summed E-state index contributed by atoms with van der Waals surface area (Å²) in [5.74, 6) is 0.594. The minimum absolute atomic E-state index is 0.0417. The van der Waals surface area contributed by atoms with E-state index in [9.17, 15) is 9.59 Å². The van der Waals surface area contributed by atoms with Gasteiger partial charge in [0, 0.05) is 10.9 Å². The molecule has 0 unspecified atom stereocenters. The molecule has 0 radical (unpaired) electrons. The quantitative estimate of drug-likeness (QED) is 0.509. The van der Waals surface area contributed by atoms with Crippen LogP contribution >= 0.6 is 11.3 Å². The summed E-state index contributed by atoms with van der Waals surface area (Å²) in [6.07, 6.45) is 0.539. The van der Waals surface area contributed by atoms with E-state index in [1.807, 2.05) is 61.0 Å². The average molecular weight is 427 g/mol. The molecular formula is C23H26N2O4S. The van der Waals surface area contributed by atoms with Crippen molar-refractivity contribution in [2.24, 2.45) is 5.92 Å². The van der Waals surface area contributed by atoms with Crippen LogP contribution in [-0.4, -0.2) is 22.9 Å². The lowest BCUT2D eigenvalue weighted by atomic mass is 10.0. The molecule has 0 fully saturated rings. The van der Waals surface area contributed by atoms with E-state index < -0.39 is 12.0 Å². The van der Waals surface area contributed by atoms with Gasteiger partial charge in [-0.3, -0.25) is 4.79 Å². The number of esters is 1. The number of rotatable bonds is 9. The second-order valence-electron chi connectivity index (χ2n) is 7.55. The molecule has 158 valence electrons. The van der Waals surface area contributed by atoms with Crippen molar-refractivity contribution >= 4 is 23.2 Å². The van der Waals surface area contributed by atoms with Crippen LogP contribution in [0.3, 0.4) is 0 Å². The summed E-state index contributed by atoms with van der Waals surface area (Å²) in [5.41, 5.74) is 2.35. The summed E-state index contributed by atoms with van der Waals surface area (Å²) in [5, 5.41) is 6.70. The number of oxazole rings is 1. The summed E-state index contributed by atoms with van der Waals surface area (Å²) < 4.78 is 11.1. The molecule has 0 aliphatic rings. The van der Waals surface area contributed by atoms with Crippen LogP contribution < -0.4 is 5.32 Å². The maximum Gasteiger partial charge on any atom is 0.328 e. The van der Waals surface area contributed by atoms with E-state index in [2.05, 4.69) is 10.3 Å². The van der Waals surface area contributed by atoms with Crippen molar-refractivity contribution < 1.29 is 18.7 Å². The molecule has 2 heterocycles. The van der Waals surface area contributed by atoms with Crippen molar-refractivity contribution in [1.82, 2.24) is 10.3 Å². The van der Waals surface area contributed by atoms with E-state index in [1.165, 1.54) is 0 Å². The summed E-state index contributed by atoms with van der Waals surface area (Å²) in [4.78, 5) is 29.7. The first kappa shape index (κ1) is 21.8. The summed E-state index contributed by atoms with van der Waals surface area (Å²) >= 11 is 1.55. The highest BCUT2D eigenvalue weighted by Gasteiger charge is 2.25. The lowest BCUT2D eigenvalue weighted by Crippen LogP contribution is -2.43. The Balaban J connectivity index is 1.61. The number of aryl methyl sites for hydroxylation is 1. The third-order valence-corrected chi connectivity index (χ3v) is 5.22.